The Morgan fingerprint density at radius 1 is 1.03 bits per heavy atom. The summed E-state index contributed by atoms with van der Waals surface area (Å²) in [6, 6.07) is 15.1. The van der Waals surface area contributed by atoms with E-state index in [-0.39, 0.29) is 23.7 Å². The Morgan fingerprint density at radius 2 is 1.69 bits per heavy atom. The summed E-state index contributed by atoms with van der Waals surface area (Å²) in [6.07, 6.45) is 2.64. The number of nitrogens with one attached hydrogen (secondary N) is 1. The zero-order valence-corrected chi connectivity index (χ0v) is 23.7. The van der Waals surface area contributed by atoms with Crippen molar-refractivity contribution in [2.24, 2.45) is 0 Å². The summed E-state index contributed by atoms with van der Waals surface area (Å²) in [6.45, 7) is 12.4. The van der Waals surface area contributed by atoms with Gasteiger partial charge in [-0.3, -0.25) is 9.59 Å². The predicted molar refractivity (Wildman–Crippen MR) is 152 cm³/mol. The summed E-state index contributed by atoms with van der Waals surface area (Å²) >= 11 is 0. The highest BCUT2D eigenvalue weighted by Gasteiger charge is 2.32. The van der Waals surface area contributed by atoms with Crippen molar-refractivity contribution in [3.8, 4) is 5.69 Å². The van der Waals surface area contributed by atoms with Gasteiger partial charge in [0.25, 0.3) is 5.91 Å². The summed E-state index contributed by atoms with van der Waals surface area (Å²) in [5, 5.41) is 7.59. The number of rotatable bonds is 6. The van der Waals surface area contributed by atoms with E-state index in [1.807, 2.05) is 37.6 Å². The van der Waals surface area contributed by atoms with Gasteiger partial charge in [0.15, 0.2) is 5.78 Å². The van der Waals surface area contributed by atoms with E-state index in [4.69, 9.17) is 4.74 Å². The highest BCUT2D eigenvalue weighted by molar-refractivity contribution is 6.06. The van der Waals surface area contributed by atoms with Crippen LogP contribution in [0.3, 0.4) is 0 Å². The number of benzene rings is 2. The maximum absolute atomic E-state index is 13.5. The van der Waals surface area contributed by atoms with Crippen LogP contribution in [0.2, 0.25) is 0 Å². The fourth-order valence-electron chi connectivity index (χ4n) is 4.81. The third kappa shape index (κ3) is 6.74. The first-order chi connectivity index (χ1) is 18.4. The predicted octanol–water partition coefficient (Wildman–Crippen LogP) is 6.57. The number of Topliss-reactive ketones (excluding diaryl/α,β-unsaturated/α-hetero) is 1. The molecule has 0 atom stereocenters. The van der Waals surface area contributed by atoms with Crippen molar-refractivity contribution in [3.05, 3.63) is 77.1 Å². The van der Waals surface area contributed by atoms with Crippen LogP contribution in [0.5, 0.6) is 0 Å². The summed E-state index contributed by atoms with van der Waals surface area (Å²) < 4.78 is 7.41. The number of carbonyl (C=O) groups is 3. The summed E-state index contributed by atoms with van der Waals surface area (Å²) in [5.41, 5.74) is 3.92. The fraction of sp³-hybridized carbons (Fsp3) is 0.419. The van der Waals surface area contributed by atoms with Crippen LogP contribution in [0.4, 0.5) is 10.5 Å². The molecule has 1 aromatic heterocycles. The maximum Gasteiger partial charge on any atom is 0.410 e. The standard InChI is InChI=1S/C31H38N4O4/c1-20(2)22-10-12-26(13-11-22)35-28(23-14-16-34(17-15-23)30(38)39-31(4,5)6)27(19-32-35)29(37)33-25-9-7-8-24(18-25)21(3)36/h7-13,18-20,23H,14-17H2,1-6H3,(H,33,37). The van der Waals surface area contributed by atoms with Crippen molar-refractivity contribution in [1.82, 2.24) is 14.7 Å². The molecule has 1 aliphatic heterocycles. The topological polar surface area (TPSA) is 93.5 Å². The van der Waals surface area contributed by atoms with E-state index >= 15 is 0 Å². The monoisotopic (exact) mass is 530 g/mol. The minimum absolute atomic E-state index is 0.0141. The maximum atomic E-state index is 13.5. The van der Waals surface area contributed by atoms with Gasteiger partial charge in [-0.15, -0.1) is 0 Å². The van der Waals surface area contributed by atoms with E-state index in [0.29, 0.717) is 48.7 Å². The number of anilines is 1. The molecule has 2 heterocycles. The molecule has 0 aliphatic carbocycles. The number of carbonyl (C=O) groups excluding carboxylic acids is 3. The van der Waals surface area contributed by atoms with Crippen LogP contribution in [0, 0.1) is 0 Å². The number of aromatic nitrogens is 2. The van der Waals surface area contributed by atoms with Crippen molar-refractivity contribution in [1.29, 1.82) is 0 Å². The molecule has 0 unspecified atom stereocenters. The van der Waals surface area contributed by atoms with Crippen LogP contribution in [0.25, 0.3) is 5.69 Å². The average Bonchev–Trinajstić information content (AvgIpc) is 3.33. The van der Waals surface area contributed by atoms with Gasteiger partial charge in [-0.2, -0.15) is 5.10 Å². The Bertz CT molecular complexity index is 1340. The van der Waals surface area contributed by atoms with Crippen molar-refractivity contribution in [2.75, 3.05) is 18.4 Å². The first-order valence-corrected chi connectivity index (χ1v) is 13.5. The molecule has 0 bridgehead atoms. The Labute approximate surface area is 230 Å². The fourth-order valence-corrected chi connectivity index (χ4v) is 4.81. The van der Waals surface area contributed by atoms with Gasteiger partial charge in [-0.25, -0.2) is 9.48 Å². The number of piperidine rings is 1. The van der Waals surface area contributed by atoms with Crippen LogP contribution in [-0.4, -0.2) is 51.2 Å². The van der Waals surface area contributed by atoms with E-state index in [9.17, 15) is 14.4 Å². The van der Waals surface area contributed by atoms with Gasteiger partial charge < -0.3 is 15.0 Å². The Hall–Kier alpha value is -3.94. The molecule has 2 aromatic carbocycles. The van der Waals surface area contributed by atoms with E-state index < -0.39 is 5.60 Å². The molecule has 1 aliphatic rings. The lowest BCUT2D eigenvalue weighted by Gasteiger charge is -2.34. The molecule has 0 spiro atoms. The first-order valence-electron chi connectivity index (χ1n) is 13.5. The second-order valence-electron chi connectivity index (χ2n) is 11.4. The molecular formula is C31H38N4O4. The second kappa shape index (κ2) is 11.4. The lowest BCUT2D eigenvalue weighted by Crippen LogP contribution is -2.41. The minimum atomic E-state index is -0.556. The van der Waals surface area contributed by atoms with Crippen LogP contribution in [-0.2, 0) is 4.74 Å². The quantitative estimate of drug-likeness (QED) is 0.364. The van der Waals surface area contributed by atoms with Crippen molar-refractivity contribution in [2.45, 2.75) is 71.8 Å². The molecule has 206 valence electrons. The summed E-state index contributed by atoms with van der Waals surface area (Å²) in [5.74, 6) is 0.0622. The Morgan fingerprint density at radius 3 is 2.28 bits per heavy atom. The zero-order valence-electron chi connectivity index (χ0n) is 23.7. The molecular weight excluding hydrogens is 492 g/mol. The molecule has 3 aromatic rings. The molecule has 39 heavy (non-hydrogen) atoms. The number of hydrogen-bond donors (Lipinski definition) is 1. The third-order valence-electron chi connectivity index (χ3n) is 6.92. The summed E-state index contributed by atoms with van der Waals surface area (Å²) in [7, 11) is 0. The van der Waals surface area contributed by atoms with Gasteiger partial charge in [0, 0.05) is 30.3 Å². The molecule has 0 saturated carbocycles. The number of likely N-dealkylation sites (tertiary alicyclic amines) is 1. The number of nitrogens with zero attached hydrogens (tertiary/aromatic N) is 3. The van der Waals surface area contributed by atoms with E-state index in [1.54, 1.807) is 35.4 Å². The number of amides is 2. The van der Waals surface area contributed by atoms with Crippen LogP contribution in [0.1, 0.15) is 98.2 Å². The third-order valence-corrected chi connectivity index (χ3v) is 6.92. The Kier molecular flexibility index (Phi) is 8.23. The number of hydrogen-bond acceptors (Lipinski definition) is 5. The molecule has 0 radical (unpaired) electrons. The molecule has 1 N–H and O–H groups in total. The molecule has 1 saturated heterocycles. The van der Waals surface area contributed by atoms with Gasteiger partial charge in [-0.1, -0.05) is 38.1 Å². The highest BCUT2D eigenvalue weighted by Crippen LogP contribution is 2.33. The average molecular weight is 531 g/mol. The Balaban J connectivity index is 1.64. The normalized spacial score (nSPS) is 14.4. The molecule has 4 rings (SSSR count). The second-order valence-corrected chi connectivity index (χ2v) is 11.4. The lowest BCUT2D eigenvalue weighted by molar-refractivity contribution is 0.0203. The van der Waals surface area contributed by atoms with Gasteiger partial charge in [0.1, 0.15) is 5.60 Å². The van der Waals surface area contributed by atoms with E-state index in [0.717, 1.165) is 11.4 Å². The first kappa shape index (κ1) is 28.1. The zero-order chi connectivity index (χ0) is 28.3. The highest BCUT2D eigenvalue weighted by atomic mass is 16.6. The van der Waals surface area contributed by atoms with Crippen LogP contribution < -0.4 is 5.32 Å². The van der Waals surface area contributed by atoms with Crippen molar-refractivity contribution in [3.63, 3.8) is 0 Å². The lowest BCUT2D eigenvalue weighted by atomic mass is 9.90. The minimum Gasteiger partial charge on any atom is -0.444 e. The van der Waals surface area contributed by atoms with Gasteiger partial charge in [0.2, 0.25) is 0 Å². The molecule has 8 nitrogen and oxygen atoms in total. The van der Waals surface area contributed by atoms with Gasteiger partial charge >= 0.3 is 6.09 Å². The smallest absolute Gasteiger partial charge is 0.410 e. The number of ketones is 1. The molecule has 1 fully saturated rings. The SMILES string of the molecule is CC(=O)c1cccc(NC(=O)c2cnn(-c3ccc(C(C)C)cc3)c2C2CCN(C(=O)OC(C)(C)C)CC2)c1. The van der Waals surface area contributed by atoms with Crippen molar-refractivity contribution < 1.29 is 19.1 Å². The van der Waals surface area contributed by atoms with Gasteiger partial charge in [-0.05, 0) is 76.3 Å². The van der Waals surface area contributed by atoms with E-state index in [1.165, 1.54) is 12.5 Å². The van der Waals surface area contributed by atoms with Crippen LogP contribution in [0.15, 0.2) is 54.7 Å². The van der Waals surface area contributed by atoms with E-state index in [2.05, 4.69) is 36.4 Å². The molecule has 8 heteroatoms. The summed E-state index contributed by atoms with van der Waals surface area (Å²) in [4.78, 5) is 39.7. The number of ether oxygens (including phenoxy) is 1. The van der Waals surface area contributed by atoms with Crippen molar-refractivity contribution >= 4 is 23.5 Å². The van der Waals surface area contributed by atoms with Crippen LogP contribution >= 0.6 is 0 Å². The molecule has 2 amide bonds. The van der Waals surface area contributed by atoms with Gasteiger partial charge in [0.05, 0.1) is 23.1 Å². The largest absolute Gasteiger partial charge is 0.444 e.